The van der Waals surface area contributed by atoms with Gasteiger partial charge in [-0.1, -0.05) is 17.7 Å². The lowest BCUT2D eigenvalue weighted by atomic mass is 10.1. The maximum atomic E-state index is 11.0. The number of aromatic nitrogens is 1. The van der Waals surface area contributed by atoms with Gasteiger partial charge in [0, 0.05) is 31.8 Å². The third-order valence-corrected chi connectivity index (χ3v) is 3.13. The van der Waals surface area contributed by atoms with Gasteiger partial charge in [-0.3, -0.25) is 0 Å². The number of hydrogen-bond acceptors (Lipinski definition) is 2. The van der Waals surface area contributed by atoms with Gasteiger partial charge in [0.25, 0.3) is 0 Å². The maximum absolute atomic E-state index is 11.0. The Labute approximate surface area is 110 Å². The van der Waals surface area contributed by atoms with Crippen molar-refractivity contribution in [2.75, 3.05) is 13.7 Å². The average molecular weight is 268 g/mol. The number of halogens is 1. The number of ether oxygens (including phenoxy) is 1. The third kappa shape index (κ3) is 2.49. The molecule has 1 heterocycles. The van der Waals surface area contributed by atoms with Gasteiger partial charge in [-0.25, -0.2) is 4.79 Å². The van der Waals surface area contributed by atoms with E-state index in [2.05, 4.69) is 0 Å². The van der Waals surface area contributed by atoms with Crippen LogP contribution in [0, 0.1) is 0 Å². The van der Waals surface area contributed by atoms with E-state index in [1.807, 2.05) is 10.8 Å². The summed E-state index contributed by atoms with van der Waals surface area (Å²) in [6, 6.07) is 4.96. The summed E-state index contributed by atoms with van der Waals surface area (Å²) in [7, 11) is 1.66. The Bertz CT molecular complexity index is 577. The van der Waals surface area contributed by atoms with Gasteiger partial charge >= 0.3 is 5.97 Å². The lowest BCUT2D eigenvalue weighted by Crippen LogP contribution is -2.01. The molecule has 0 fully saturated rings. The van der Waals surface area contributed by atoms with Crippen molar-refractivity contribution in [2.24, 2.45) is 0 Å². The molecule has 2 rings (SSSR count). The number of aryl methyl sites for hydroxylation is 1. The molecule has 0 bridgehead atoms. The summed E-state index contributed by atoms with van der Waals surface area (Å²) in [4.78, 5) is 11.0. The quantitative estimate of drug-likeness (QED) is 0.847. The highest BCUT2D eigenvalue weighted by Crippen LogP contribution is 2.27. The summed E-state index contributed by atoms with van der Waals surface area (Å²) in [5.41, 5.74) is 1.11. The highest BCUT2D eigenvalue weighted by atomic mass is 35.5. The van der Waals surface area contributed by atoms with E-state index in [4.69, 9.17) is 21.4 Å². The molecule has 0 unspecified atom stereocenters. The van der Waals surface area contributed by atoms with Crippen LogP contribution in [0.2, 0.25) is 5.02 Å². The van der Waals surface area contributed by atoms with Gasteiger partial charge in [0.1, 0.15) is 0 Å². The summed E-state index contributed by atoms with van der Waals surface area (Å²) >= 11 is 6.12. The molecule has 1 aromatic carbocycles. The standard InChI is InChI=1S/C13H14ClNO3/c1-18-6-2-5-15-8-11(14)10-4-3-9(13(16)17)7-12(10)15/h3-4,7-8H,2,5-6H2,1H3,(H,16,17). The predicted molar refractivity (Wildman–Crippen MR) is 70.4 cm³/mol. The van der Waals surface area contributed by atoms with Crippen LogP contribution in [0.25, 0.3) is 10.9 Å². The molecule has 1 N–H and O–H groups in total. The monoisotopic (exact) mass is 267 g/mol. The van der Waals surface area contributed by atoms with Gasteiger partial charge in [-0.15, -0.1) is 0 Å². The first-order valence-electron chi connectivity index (χ1n) is 5.64. The van der Waals surface area contributed by atoms with Crippen molar-refractivity contribution < 1.29 is 14.6 Å². The minimum atomic E-state index is -0.933. The van der Waals surface area contributed by atoms with Gasteiger partial charge in [0.2, 0.25) is 0 Å². The molecule has 0 aliphatic carbocycles. The molecule has 0 saturated carbocycles. The van der Waals surface area contributed by atoms with E-state index in [1.54, 1.807) is 25.3 Å². The Kier molecular flexibility index (Phi) is 3.89. The molecule has 5 heteroatoms. The topological polar surface area (TPSA) is 51.5 Å². The van der Waals surface area contributed by atoms with E-state index in [1.165, 1.54) is 0 Å². The van der Waals surface area contributed by atoms with E-state index in [9.17, 15) is 4.79 Å². The zero-order valence-corrected chi connectivity index (χ0v) is 10.8. The van der Waals surface area contributed by atoms with Crippen molar-refractivity contribution in [3.63, 3.8) is 0 Å². The first kappa shape index (κ1) is 12.9. The number of benzene rings is 1. The molecule has 1 aromatic heterocycles. The average Bonchev–Trinajstić information content (AvgIpc) is 2.66. The van der Waals surface area contributed by atoms with Crippen molar-refractivity contribution >= 4 is 28.5 Å². The van der Waals surface area contributed by atoms with Crippen LogP contribution in [0.3, 0.4) is 0 Å². The molecule has 0 spiro atoms. The minimum Gasteiger partial charge on any atom is -0.478 e. The Morgan fingerprint density at radius 2 is 2.28 bits per heavy atom. The van der Waals surface area contributed by atoms with Crippen LogP contribution in [0.4, 0.5) is 0 Å². The Morgan fingerprint density at radius 3 is 2.94 bits per heavy atom. The summed E-state index contributed by atoms with van der Waals surface area (Å²) in [5, 5.41) is 10.5. The summed E-state index contributed by atoms with van der Waals surface area (Å²) in [6.07, 6.45) is 2.68. The Morgan fingerprint density at radius 1 is 1.50 bits per heavy atom. The molecule has 0 atom stereocenters. The second-order valence-corrected chi connectivity index (χ2v) is 4.46. The number of rotatable bonds is 5. The van der Waals surface area contributed by atoms with Crippen molar-refractivity contribution in [3.8, 4) is 0 Å². The molecule has 0 amide bonds. The summed E-state index contributed by atoms with van der Waals surface area (Å²) in [6.45, 7) is 1.41. The van der Waals surface area contributed by atoms with Crippen molar-refractivity contribution in [1.29, 1.82) is 0 Å². The van der Waals surface area contributed by atoms with E-state index < -0.39 is 5.97 Å². The number of fused-ring (bicyclic) bond motifs is 1. The second-order valence-electron chi connectivity index (χ2n) is 4.05. The molecule has 0 radical (unpaired) electrons. The van der Waals surface area contributed by atoms with Crippen LogP contribution < -0.4 is 0 Å². The Hall–Kier alpha value is -1.52. The van der Waals surface area contributed by atoms with Crippen LogP contribution >= 0.6 is 11.6 Å². The van der Waals surface area contributed by atoms with E-state index in [-0.39, 0.29) is 5.56 Å². The van der Waals surface area contributed by atoms with Crippen molar-refractivity contribution in [1.82, 2.24) is 4.57 Å². The lowest BCUT2D eigenvalue weighted by Gasteiger charge is -2.05. The van der Waals surface area contributed by atoms with Gasteiger partial charge in [-0.05, 0) is 18.6 Å². The van der Waals surface area contributed by atoms with Crippen LogP contribution in [-0.4, -0.2) is 29.4 Å². The van der Waals surface area contributed by atoms with Gasteiger partial charge in [0.15, 0.2) is 0 Å². The molecule has 0 aliphatic heterocycles. The first-order valence-corrected chi connectivity index (χ1v) is 6.02. The molecule has 0 saturated heterocycles. The molecule has 4 nitrogen and oxygen atoms in total. The molecular formula is C13H14ClNO3. The highest BCUT2D eigenvalue weighted by molar-refractivity contribution is 6.35. The van der Waals surface area contributed by atoms with E-state index >= 15 is 0 Å². The van der Waals surface area contributed by atoms with Crippen LogP contribution in [0.1, 0.15) is 16.8 Å². The normalized spacial score (nSPS) is 11.0. The fraction of sp³-hybridized carbons (Fsp3) is 0.308. The molecular weight excluding hydrogens is 254 g/mol. The maximum Gasteiger partial charge on any atom is 0.335 e. The van der Waals surface area contributed by atoms with E-state index in [0.717, 1.165) is 23.9 Å². The summed E-state index contributed by atoms with van der Waals surface area (Å²) in [5.74, 6) is -0.933. The smallest absolute Gasteiger partial charge is 0.335 e. The molecule has 18 heavy (non-hydrogen) atoms. The van der Waals surface area contributed by atoms with Crippen LogP contribution in [0.15, 0.2) is 24.4 Å². The molecule has 0 aliphatic rings. The molecule has 96 valence electrons. The predicted octanol–water partition coefficient (Wildman–Crippen LogP) is 3.03. The second kappa shape index (κ2) is 5.42. The number of carboxylic acids is 1. The van der Waals surface area contributed by atoms with Gasteiger partial charge in [-0.2, -0.15) is 0 Å². The van der Waals surface area contributed by atoms with Gasteiger partial charge in [0.05, 0.1) is 16.1 Å². The Balaban J connectivity index is 2.39. The number of aromatic carboxylic acids is 1. The fourth-order valence-corrected chi connectivity index (χ4v) is 2.22. The number of hydrogen-bond donors (Lipinski definition) is 1. The minimum absolute atomic E-state index is 0.269. The van der Waals surface area contributed by atoms with Gasteiger partial charge < -0.3 is 14.4 Å². The van der Waals surface area contributed by atoms with Crippen LogP contribution in [-0.2, 0) is 11.3 Å². The van der Waals surface area contributed by atoms with Crippen LogP contribution in [0.5, 0.6) is 0 Å². The lowest BCUT2D eigenvalue weighted by molar-refractivity contribution is 0.0697. The zero-order valence-electron chi connectivity index (χ0n) is 10.0. The van der Waals surface area contributed by atoms with Crippen molar-refractivity contribution in [2.45, 2.75) is 13.0 Å². The number of carbonyl (C=O) groups is 1. The number of methoxy groups -OCH3 is 1. The highest BCUT2D eigenvalue weighted by Gasteiger charge is 2.10. The SMILES string of the molecule is COCCCn1cc(Cl)c2ccc(C(=O)O)cc21. The third-order valence-electron chi connectivity index (χ3n) is 2.83. The fourth-order valence-electron chi connectivity index (χ4n) is 1.94. The zero-order chi connectivity index (χ0) is 13.1. The first-order chi connectivity index (χ1) is 8.63. The molecule has 2 aromatic rings. The summed E-state index contributed by atoms with van der Waals surface area (Å²) < 4.78 is 6.97. The number of carboxylic acid groups (broad SMARTS) is 1. The van der Waals surface area contributed by atoms with E-state index in [0.29, 0.717) is 11.6 Å². The van der Waals surface area contributed by atoms with Crippen molar-refractivity contribution in [3.05, 3.63) is 35.0 Å². The largest absolute Gasteiger partial charge is 0.478 e. The number of nitrogens with zero attached hydrogens (tertiary/aromatic N) is 1.